The number of carbonyl (C=O) groups is 1. The monoisotopic (exact) mass is 249 g/mol. The maximum atomic E-state index is 12.3. The predicted molar refractivity (Wildman–Crippen MR) is 69.5 cm³/mol. The van der Waals surface area contributed by atoms with Crippen molar-refractivity contribution in [3.63, 3.8) is 0 Å². The van der Waals surface area contributed by atoms with E-state index in [0.29, 0.717) is 24.5 Å². The molecule has 2 heterocycles. The van der Waals surface area contributed by atoms with Gasteiger partial charge in [0.25, 0.3) is 5.91 Å². The van der Waals surface area contributed by atoms with Crippen molar-refractivity contribution in [2.75, 3.05) is 25.5 Å². The lowest BCUT2D eigenvalue weighted by atomic mass is 9.95. The van der Waals surface area contributed by atoms with Gasteiger partial charge >= 0.3 is 0 Å². The highest BCUT2D eigenvalue weighted by Gasteiger charge is 2.27. The Morgan fingerprint density at radius 1 is 1.61 bits per heavy atom. The van der Waals surface area contributed by atoms with Crippen LogP contribution in [0.15, 0.2) is 18.3 Å². The molecule has 0 bridgehead atoms. The molecule has 18 heavy (non-hydrogen) atoms. The Kier molecular flexibility index (Phi) is 3.81. The highest BCUT2D eigenvalue weighted by atomic mass is 16.3. The molecule has 2 atom stereocenters. The molecular weight excluding hydrogens is 230 g/mol. The van der Waals surface area contributed by atoms with Crippen molar-refractivity contribution >= 4 is 11.7 Å². The molecular formula is C13H19N3O2. The van der Waals surface area contributed by atoms with Gasteiger partial charge in [0, 0.05) is 31.9 Å². The minimum Gasteiger partial charge on any atom is -0.391 e. The number of pyridine rings is 1. The molecule has 5 heteroatoms. The van der Waals surface area contributed by atoms with E-state index in [1.807, 2.05) is 6.92 Å². The zero-order valence-electron chi connectivity index (χ0n) is 10.8. The number of hydrogen-bond donors (Lipinski definition) is 2. The van der Waals surface area contributed by atoms with Crippen LogP contribution in [0, 0.1) is 5.92 Å². The summed E-state index contributed by atoms with van der Waals surface area (Å²) >= 11 is 0. The molecule has 1 aliphatic heterocycles. The van der Waals surface area contributed by atoms with Crippen LogP contribution >= 0.6 is 0 Å². The number of piperidine rings is 1. The Labute approximate surface area is 107 Å². The van der Waals surface area contributed by atoms with Crippen molar-refractivity contribution in [1.29, 1.82) is 0 Å². The second-order valence-corrected chi connectivity index (χ2v) is 4.76. The van der Waals surface area contributed by atoms with E-state index in [-0.39, 0.29) is 11.8 Å². The van der Waals surface area contributed by atoms with E-state index in [4.69, 9.17) is 0 Å². The molecule has 98 valence electrons. The Bertz CT molecular complexity index is 436. The molecule has 0 radical (unpaired) electrons. The molecule has 0 aliphatic carbocycles. The highest BCUT2D eigenvalue weighted by Crippen LogP contribution is 2.19. The number of likely N-dealkylation sites (tertiary alicyclic amines) is 1. The minimum absolute atomic E-state index is 0.0418. The summed E-state index contributed by atoms with van der Waals surface area (Å²) in [6.45, 7) is 3.13. The molecule has 2 rings (SSSR count). The number of rotatable bonds is 2. The van der Waals surface area contributed by atoms with Gasteiger partial charge in [-0.15, -0.1) is 0 Å². The van der Waals surface area contributed by atoms with Gasteiger partial charge in [0.05, 0.1) is 6.10 Å². The molecule has 1 amide bonds. The smallest absolute Gasteiger partial charge is 0.254 e. The third-order valence-corrected chi connectivity index (χ3v) is 3.47. The van der Waals surface area contributed by atoms with Crippen molar-refractivity contribution in [1.82, 2.24) is 9.88 Å². The molecule has 1 aromatic heterocycles. The van der Waals surface area contributed by atoms with Gasteiger partial charge in [0.2, 0.25) is 0 Å². The van der Waals surface area contributed by atoms with Crippen LogP contribution in [0.4, 0.5) is 5.82 Å². The van der Waals surface area contributed by atoms with E-state index in [2.05, 4.69) is 10.3 Å². The van der Waals surface area contributed by atoms with Gasteiger partial charge in [0.1, 0.15) is 5.82 Å². The maximum absolute atomic E-state index is 12.3. The van der Waals surface area contributed by atoms with Gasteiger partial charge in [-0.05, 0) is 24.5 Å². The van der Waals surface area contributed by atoms with Crippen LogP contribution in [-0.2, 0) is 0 Å². The molecule has 5 nitrogen and oxygen atoms in total. The number of nitrogens with zero attached hydrogens (tertiary/aromatic N) is 2. The lowest BCUT2D eigenvalue weighted by Crippen LogP contribution is -2.45. The Morgan fingerprint density at radius 3 is 3.06 bits per heavy atom. The number of carbonyl (C=O) groups excluding carboxylic acids is 1. The van der Waals surface area contributed by atoms with Crippen LogP contribution in [-0.4, -0.2) is 47.1 Å². The number of aliphatic hydroxyl groups excluding tert-OH is 1. The fourth-order valence-electron chi connectivity index (χ4n) is 2.12. The highest BCUT2D eigenvalue weighted by molar-refractivity contribution is 5.94. The topological polar surface area (TPSA) is 65.5 Å². The van der Waals surface area contributed by atoms with Gasteiger partial charge in [-0.2, -0.15) is 0 Å². The molecule has 2 unspecified atom stereocenters. The summed E-state index contributed by atoms with van der Waals surface area (Å²) in [6, 6.07) is 3.43. The largest absolute Gasteiger partial charge is 0.391 e. The SMILES string of the molecule is CNc1cc(C(=O)N2CCC(C)C(O)C2)ccn1. The van der Waals surface area contributed by atoms with Gasteiger partial charge in [-0.1, -0.05) is 6.92 Å². The van der Waals surface area contributed by atoms with E-state index >= 15 is 0 Å². The van der Waals surface area contributed by atoms with E-state index < -0.39 is 6.10 Å². The van der Waals surface area contributed by atoms with Crippen LogP contribution in [0.5, 0.6) is 0 Å². The first-order chi connectivity index (χ1) is 8.61. The molecule has 1 fully saturated rings. The standard InChI is InChI=1S/C13H19N3O2/c1-9-4-6-16(8-11(9)17)13(18)10-3-5-15-12(7-10)14-2/h3,5,7,9,11,17H,4,6,8H2,1-2H3,(H,14,15). The van der Waals surface area contributed by atoms with Crippen LogP contribution in [0.2, 0.25) is 0 Å². The zero-order valence-corrected chi connectivity index (χ0v) is 10.8. The number of anilines is 1. The predicted octanol–water partition coefficient (Wildman–Crippen LogP) is 0.966. The molecule has 0 saturated carbocycles. The van der Waals surface area contributed by atoms with Gasteiger partial charge in [-0.3, -0.25) is 4.79 Å². The third-order valence-electron chi connectivity index (χ3n) is 3.47. The Balaban J connectivity index is 2.11. The summed E-state index contributed by atoms with van der Waals surface area (Å²) in [5.41, 5.74) is 0.608. The number of aromatic nitrogens is 1. The number of β-amino-alcohol motifs (C(OH)–C–C–N with tert-alkyl or cyclic N) is 1. The zero-order chi connectivity index (χ0) is 13.1. The van der Waals surface area contributed by atoms with Crippen molar-refractivity contribution < 1.29 is 9.90 Å². The lowest BCUT2D eigenvalue weighted by Gasteiger charge is -2.34. The molecule has 1 saturated heterocycles. The fraction of sp³-hybridized carbons (Fsp3) is 0.538. The Morgan fingerprint density at radius 2 is 2.39 bits per heavy atom. The molecule has 1 aliphatic rings. The van der Waals surface area contributed by atoms with Crippen LogP contribution in [0.1, 0.15) is 23.7 Å². The first-order valence-electron chi connectivity index (χ1n) is 6.23. The fourth-order valence-corrected chi connectivity index (χ4v) is 2.12. The average Bonchev–Trinajstić information content (AvgIpc) is 2.41. The van der Waals surface area contributed by atoms with Gasteiger partial charge in [0.15, 0.2) is 0 Å². The molecule has 0 spiro atoms. The summed E-state index contributed by atoms with van der Waals surface area (Å²) in [5, 5.41) is 12.7. The second kappa shape index (κ2) is 5.35. The van der Waals surface area contributed by atoms with Gasteiger partial charge in [-0.25, -0.2) is 4.98 Å². The van der Waals surface area contributed by atoms with Crippen molar-refractivity contribution in [2.45, 2.75) is 19.4 Å². The van der Waals surface area contributed by atoms with Crippen molar-refractivity contribution in [2.24, 2.45) is 5.92 Å². The van der Waals surface area contributed by atoms with Crippen molar-refractivity contribution in [3.8, 4) is 0 Å². The summed E-state index contributed by atoms with van der Waals surface area (Å²) in [6.07, 6.45) is 2.03. The summed E-state index contributed by atoms with van der Waals surface area (Å²) < 4.78 is 0. The molecule has 0 aromatic carbocycles. The summed E-state index contributed by atoms with van der Waals surface area (Å²) in [5.74, 6) is 0.894. The van der Waals surface area contributed by atoms with Gasteiger partial charge < -0.3 is 15.3 Å². The minimum atomic E-state index is -0.423. The molecule has 2 N–H and O–H groups in total. The first kappa shape index (κ1) is 12.8. The van der Waals surface area contributed by atoms with Crippen LogP contribution in [0.3, 0.4) is 0 Å². The van der Waals surface area contributed by atoms with E-state index in [9.17, 15) is 9.90 Å². The Hall–Kier alpha value is -1.62. The van der Waals surface area contributed by atoms with E-state index in [0.717, 1.165) is 6.42 Å². The van der Waals surface area contributed by atoms with E-state index in [1.54, 1.807) is 30.3 Å². The number of hydrogen-bond acceptors (Lipinski definition) is 4. The quantitative estimate of drug-likeness (QED) is 0.819. The van der Waals surface area contributed by atoms with E-state index in [1.165, 1.54) is 0 Å². The average molecular weight is 249 g/mol. The first-order valence-corrected chi connectivity index (χ1v) is 6.23. The molecule has 1 aromatic rings. The normalized spacial score (nSPS) is 23.8. The lowest BCUT2D eigenvalue weighted by molar-refractivity contribution is 0.0248. The van der Waals surface area contributed by atoms with Crippen LogP contribution in [0.25, 0.3) is 0 Å². The summed E-state index contributed by atoms with van der Waals surface area (Å²) in [4.78, 5) is 18.1. The van der Waals surface area contributed by atoms with Crippen molar-refractivity contribution in [3.05, 3.63) is 23.9 Å². The number of aliphatic hydroxyl groups is 1. The number of nitrogens with one attached hydrogen (secondary N) is 1. The van der Waals surface area contributed by atoms with Crippen LogP contribution < -0.4 is 5.32 Å². The number of amides is 1. The third kappa shape index (κ3) is 2.61. The summed E-state index contributed by atoms with van der Waals surface area (Å²) in [7, 11) is 1.77. The second-order valence-electron chi connectivity index (χ2n) is 4.76. The maximum Gasteiger partial charge on any atom is 0.254 e.